The standard InChI is InChI=1S/C18H24N4O3/c1-13-11-21(12-14(2)25-13)9-3-7-20-17-4-5-18(22(23)24)16-10-19-8-6-15(16)17/h4-6,8,10,13-14,20H,3,7,9,11-12H2,1-2H3. The minimum Gasteiger partial charge on any atom is -0.384 e. The van der Waals surface area contributed by atoms with Gasteiger partial charge in [-0.15, -0.1) is 0 Å². The van der Waals surface area contributed by atoms with E-state index in [4.69, 9.17) is 4.74 Å². The van der Waals surface area contributed by atoms with Crippen molar-refractivity contribution >= 4 is 22.1 Å². The number of rotatable bonds is 6. The molecule has 2 atom stereocenters. The molecular weight excluding hydrogens is 320 g/mol. The molecule has 2 unspecified atom stereocenters. The van der Waals surface area contributed by atoms with Crippen LogP contribution in [0.5, 0.6) is 0 Å². The fourth-order valence-corrected chi connectivity index (χ4v) is 3.48. The van der Waals surface area contributed by atoms with Crippen molar-refractivity contribution in [3.8, 4) is 0 Å². The number of pyridine rings is 1. The van der Waals surface area contributed by atoms with Crippen molar-refractivity contribution in [2.45, 2.75) is 32.5 Å². The van der Waals surface area contributed by atoms with Crippen molar-refractivity contribution in [3.05, 3.63) is 40.7 Å². The molecule has 1 aromatic carbocycles. The number of non-ortho nitro benzene ring substituents is 1. The number of hydrogen-bond donors (Lipinski definition) is 1. The average Bonchev–Trinajstić information content (AvgIpc) is 2.57. The van der Waals surface area contributed by atoms with Crippen LogP contribution in [0.4, 0.5) is 11.4 Å². The molecule has 134 valence electrons. The number of aromatic nitrogens is 1. The Morgan fingerprint density at radius 1 is 1.28 bits per heavy atom. The molecule has 7 heteroatoms. The van der Waals surface area contributed by atoms with Gasteiger partial charge >= 0.3 is 0 Å². The molecule has 1 fully saturated rings. The van der Waals surface area contributed by atoms with Gasteiger partial charge in [0.25, 0.3) is 5.69 Å². The number of benzene rings is 1. The summed E-state index contributed by atoms with van der Waals surface area (Å²) in [6.07, 6.45) is 4.77. The zero-order chi connectivity index (χ0) is 17.8. The lowest BCUT2D eigenvalue weighted by molar-refractivity contribution is -0.383. The number of ether oxygens (including phenoxy) is 1. The van der Waals surface area contributed by atoms with Crippen LogP contribution in [0.15, 0.2) is 30.6 Å². The molecular formula is C18H24N4O3. The highest BCUT2D eigenvalue weighted by atomic mass is 16.6. The number of nitro benzene ring substituents is 1. The monoisotopic (exact) mass is 344 g/mol. The van der Waals surface area contributed by atoms with E-state index in [1.54, 1.807) is 18.5 Å². The number of nitrogens with one attached hydrogen (secondary N) is 1. The van der Waals surface area contributed by atoms with Gasteiger partial charge in [-0.25, -0.2) is 0 Å². The molecule has 0 spiro atoms. The minimum absolute atomic E-state index is 0.0879. The first kappa shape index (κ1) is 17.6. The predicted molar refractivity (Wildman–Crippen MR) is 98.0 cm³/mol. The maximum Gasteiger partial charge on any atom is 0.278 e. The highest BCUT2D eigenvalue weighted by molar-refractivity contribution is 5.99. The summed E-state index contributed by atoms with van der Waals surface area (Å²) < 4.78 is 5.75. The Balaban J connectivity index is 1.60. The highest BCUT2D eigenvalue weighted by Crippen LogP contribution is 2.30. The highest BCUT2D eigenvalue weighted by Gasteiger charge is 2.21. The van der Waals surface area contributed by atoms with E-state index in [1.165, 1.54) is 6.07 Å². The number of hydrogen-bond acceptors (Lipinski definition) is 6. The van der Waals surface area contributed by atoms with Crippen LogP contribution in [0, 0.1) is 10.1 Å². The quantitative estimate of drug-likeness (QED) is 0.493. The zero-order valence-electron chi connectivity index (χ0n) is 14.6. The van der Waals surface area contributed by atoms with Gasteiger partial charge in [-0.1, -0.05) is 0 Å². The zero-order valence-corrected chi connectivity index (χ0v) is 14.6. The van der Waals surface area contributed by atoms with Gasteiger partial charge in [0.2, 0.25) is 0 Å². The lowest BCUT2D eigenvalue weighted by atomic mass is 10.1. The Bertz CT molecular complexity index is 742. The van der Waals surface area contributed by atoms with E-state index in [2.05, 4.69) is 29.0 Å². The van der Waals surface area contributed by atoms with Gasteiger partial charge in [-0.3, -0.25) is 20.0 Å². The van der Waals surface area contributed by atoms with Gasteiger partial charge in [0, 0.05) is 55.7 Å². The molecule has 7 nitrogen and oxygen atoms in total. The minimum atomic E-state index is -0.367. The van der Waals surface area contributed by atoms with Gasteiger partial charge in [-0.05, 0) is 32.4 Å². The third-order valence-corrected chi connectivity index (χ3v) is 4.45. The summed E-state index contributed by atoms with van der Waals surface area (Å²) in [6.45, 7) is 7.98. The molecule has 1 N–H and O–H groups in total. The molecule has 1 saturated heterocycles. The van der Waals surface area contributed by atoms with E-state index >= 15 is 0 Å². The summed E-state index contributed by atoms with van der Waals surface area (Å²) in [7, 11) is 0. The third-order valence-electron chi connectivity index (χ3n) is 4.45. The van der Waals surface area contributed by atoms with Crippen molar-refractivity contribution in [1.29, 1.82) is 0 Å². The van der Waals surface area contributed by atoms with Crippen LogP contribution in [0.25, 0.3) is 10.8 Å². The summed E-state index contributed by atoms with van der Waals surface area (Å²) in [5.41, 5.74) is 0.997. The van der Waals surface area contributed by atoms with Crippen LogP contribution in [0.3, 0.4) is 0 Å². The van der Waals surface area contributed by atoms with Crippen molar-refractivity contribution in [2.24, 2.45) is 0 Å². The SMILES string of the molecule is CC1CN(CCCNc2ccc([N+](=O)[O-])c3cnccc23)CC(C)O1. The number of anilines is 1. The van der Waals surface area contributed by atoms with Crippen molar-refractivity contribution < 1.29 is 9.66 Å². The van der Waals surface area contributed by atoms with Gasteiger partial charge in [0.15, 0.2) is 0 Å². The summed E-state index contributed by atoms with van der Waals surface area (Å²) >= 11 is 0. The Kier molecular flexibility index (Phi) is 5.45. The van der Waals surface area contributed by atoms with Crippen LogP contribution >= 0.6 is 0 Å². The summed E-state index contributed by atoms with van der Waals surface area (Å²) in [4.78, 5) is 17.2. The lowest BCUT2D eigenvalue weighted by Gasteiger charge is -2.35. The molecule has 0 amide bonds. The van der Waals surface area contributed by atoms with Gasteiger partial charge in [-0.2, -0.15) is 0 Å². The second-order valence-corrected chi connectivity index (χ2v) is 6.61. The number of morpholine rings is 1. The smallest absolute Gasteiger partial charge is 0.278 e. The molecule has 1 aromatic heterocycles. The van der Waals surface area contributed by atoms with E-state index in [-0.39, 0.29) is 22.8 Å². The lowest BCUT2D eigenvalue weighted by Crippen LogP contribution is -2.45. The maximum absolute atomic E-state index is 11.2. The fourth-order valence-electron chi connectivity index (χ4n) is 3.48. The normalized spacial score (nSPS) is 21.4. The third kappa shape index (κ3) is 4.24. The number of fused-ring (bicyclic) bond motifs is 1. The molecule has 3 rings (SSSR count). The van der Waals surface area contributed by atoms with Gasteiger partial charge in [0.1, 0.15) is 0 Å². The molecule has 0 saturated carbocycles. The van der Waals surface area contributed by atoms with Gasteiger partial charge in [0.05, 0.1) is 22.5 Å². The Morgan fingerprint density at radius 3 is 2.76 bits per heavy atom. The van der Waals surface area contributed by atoms with E-state index in [9.17, 15) is 10.1 Å². The Morgan fingerprint density at radius 2 is 2.04 bits per heavy atom. The molecule has 0 radical (unpaired) electrons. The van der Waals surface area contributed by atoms with Crippen LogP contribution in [-0.2, 0) is 4.74 Å². The average molecular weight is 344 g/mol. The topological polar surface area (TPSA) is 80.5 Å². The number of nitrogens with zero attached hydrogens (tertiary/aromatic N) is 3. The van der Waals surface area contributed by atoms with Crippen molar-refractivity contribution in [1.82, 2.24) is 9.88 Å². The summed E-state index contributed by atoms with van der Waals surface area (Å²) in [5, 5.41) is 16.0. The largest absolute Gasteiger partial charge is 0.384 e. The molecule has 2 heterocycles. The predicted octanol–water partition coefficient (Wildman–Crippen LogP) is 3.05. The van der Waals surface area contributed by atoms with Crippen LogP contribution < -0.4 is 5.32 Å². The molecule has 25 heavy (non-hydrogen) atoms. The van der Waals surface area contributed by atoms with E-state index in [0.717, 1.165) is 43.7 Å². The van der Waals surface area contributed by atoms with E-state index in [1.807, 2.05) is 6.07 Å². The fraction of sp³-hybridized carbons (Fsp3) is 0.500. The first-order chi connectivity index (χ1) is 12.0. The first-order valence-electron chi connectivity index (χ1n) is 8.67. The summed E-state index contributed by atoms with van der Waals surface area (Å²) in [6, 6.07) is 5.13. The second kappa shape index (κ2) is 7.76. The van der Waals surface area contributed by atoms with Crippen LogP contribution in [0.1, 0.15) is 20.3 Å². The molecule has 0 aliphatic carbocycles. The molecule has 1 aliphatic rings. The summed E-state index contributed by atoms with van der Waals surface area (Å²) in [5.74, 6) is 0. The first-order valence-corrected chi connectivity index (χ1v) is 8.67. The van der Waals surface area contributed by atoms with Crippen molar-refractivity contribution in [2.75, 3.05) is 31.5 Å². The Hall–Kier alpha value is -2.25. The van der Waals surface area contributed by atoms with E-state index < -0.39 is 0 Å². The molecule has 2 aromatic rings. The second-order valence-electron chi connectivity index (χ2n) is 6.61. The Labute approximate surface area is 147 Å². The molecule has 1 aliphatic heterocycles. The molecule has 0 bridgehead atoms. The van der Waals surface area contributed by atoms with Crippen LogP contribution in [-0.4, -0.2) is 53.2 Å². The van der Waals surface area contributed by atoms with Crippen molar-refractivity contribution in [3.63, 3.8) is 0 Å². The maximum atomic E-state index is 11.2. The van der Waals surface area contributed by atoms with E-state index in [0.29, 0.717) is 5.39 Å². The number of nitro groups is 1. The van der Waals surface area contributed by atoms with Gasteiger partial charge < -0.3 is 10.1 Å². The van der Waals surface area contributed by atoms with Crippen LogP contribution in [0.2, 0.25) is 0 Å².